The Balaban J connectivity index is 1.68. The van der Waals surface area contributed by atoms with Gasteiger partial charge in [-0.05, 0) is 72.1 Å². The summed E-state index contributed by atoms with van der Waals surface area (Å²) in [6.07, 6.45) is 6.19. The van der Waals surface area contributed by atoms with E-state index < -0.39 is 0 Å². The zero-order valence-corrected chi connectivity index (χ0v) is 15.9. The van der Waals surface area contributed by atoms with E-state index in [2.05, 4.69) is 62.2 Å². The molecule has 4 rings (SSSR count). The Hall–Kier alpha value is -2.53. The predicted molar refractivity (Wildman–Crippen MR) is 104 cm³/mol. The van der Waals surface area contributed by atoms with Crippen molar-refractivity contribution in [3.63, 3.8) is 0 Å². The number of hydrogen-bond donors (Lipinski definition) is 1. The molecule has 1 aliphatic carbocycles. The quantitative estimate of drug-likeness (QED) is 0.621. The molecule has 0 radical (unpaired) electrons. The van der Waals surface area contributed by atoms with Gasteiger partial charge >= 0.3 is 0 Å². The van der Waals surface area contributed by atoms with E-state index in [4.69, 9.17) is 4.52 Å². The molecule has 0 amide bonds. The maximum atomic E-state index is 5.32. The third-order valence-electron chi connectivity index (χ3n) is 4.46. The van der Waals surface area contributed by atoms with Crippen LogP contribution in [-0.4, -0.2) is 9.72 Å². The maximum Gasteiger partial charge on any atom is 0.141 e. The summed E-state index contributed by atoms with van der Waals surface area (Å²) in [6, 6.07) is 10.4. The average Bonchev–Trinajstić information content (AvgIpc) is 3.22. The van der Waals surface area contributed by atoms with Crippen molar-refractivity contribution in [1.82, 2.24) is 9.72 Å². The molecule has 0 saturated carbocycles. The number of anilines is 1. The summed E-state index contributed by atoms with van der Waals surface area (Å²) >= 11 is 3.62. The van der Waals surface area contributed by atoms with Crippen LogP contribution in [0, 0.1) is 20.8 Å². The van der Waals surface area contributed by atoms with E-state index >= 15 is 0 Å². The van der Waals surface area contributed by atoms with Crippen molar-refractivity contribution in [2.24, 2.45) is 0 Å². The summed E-state index contributed by atoms with van der Waals surface area (Å²) in [5, 5.41) is 7.63. The Labute approximate surface area is 155 Å². The predicted octanol–water partition coefficient (Wildman–Crippen LogP) is 5.64. The molecule has 2 heterocycles. The zero-order valence-electron chi connectivity index (χ0n) is 14.3. The van der Waals surface area contributed by atoms with Gasteiger partial charge in [-0.2, -0.15) is 0 Å². The van der Waals surface area contributed by atoms with Crippen LogP contribution >= 0.6 is 15.9 Å². The van der Waals surface area contributed by atoms with Crippen LogP contribution in [0.3, 0.4) is 0 Å². The van der Waals surface area contributed by atoms with E-state index in [1.807, 2.05) is 38.4 Å². The van der Waals surface area contributed by atoms with E-state index in [0.29, 0.717) is 0 Å². The molecule has 126 valence electrons. The second-order valence-electron chi connectivity index (χ2n) is 6.20. The van der Waals surface area contributed by atoms with Gasteiger partial charge in [-0.3, -0.25) is 0 Å². The van der Waals surface area contributed by atoms with Crippen LogP contribution in [0.2, 0.25) is 0 Å². The standard InChI is InChI=1S/C20H18BrN3O/c1-12-6-7-15(19-13(2)23-25-14(19)3)10-17(12)22-20-16(21)11-18(20)24-8-4-5-9-24/h4-11,22H,1-3H3. The highest BCUT2D eigenvalue weighted by atomic mass is 79.9. The van der Waals surface area contributed by atoms with E-state index in [-0.39, 0.29) is 0 Å². The first-order valence-electron chi connectivity index (χ1n) is 8.10. The number of aromatic nitrogens is 2. The fourth-order valence-electron chi connectivity index (χ4n) is 3.07. The van der Waals surface area contributed by atoms with Gasteiger partial charge in [-0.25, -0.2) is 0 Å². The van der Waals surface area contributed by atoms with Crippen LogP contribution in [0.25, 0.3) is 16.8 Å². The molecule has 1 aliphatic rings. The minimum atomic E-state index is 0.837. The number of benzene rings is 1. The second-order valence-corrected chi connectivity index (χ2v) is 7.05. The Morgan fingerprint density at radius 1 is 1.12 bits per heavy atom. The van der Waals surface area contributed by atoms with Crippen LogP contribution in [0.4, 0.5) is 5.69 Å². The molecule has 5 heteroatoms. The summed E-state index contributed by atoms with van der Waals surface area (Å²) in [4.78, 5) is 0. The van der Waals surface area contributed by atoms with Crippen molar-refractivity contribution in [3.05, 3.63) is 76.0 Å². The van der Waals surface area contributed by atoms with Crippen molar-refractivity contribution in [3.8, 4) is 11.1 Å². The van der Waals surface area contributed by atoms with Crippen LogP contribution < -0.4 is 5.32 Å². The van der Waals surface area contributed by atoms with Crippen molar-refractivity contribution in [1.29, 1.82) is 0 Å². The van der Waals surface area contributed by atoms with Crippen LogP contribution in [0.15, 0.2) is 63.5 Å². The highest BCUT2D eigenvalue weighted by Gasteiger charge is 2.21. The number of allylic oxidation sites excluding steroid dienone is 3. The smallest absolute Gasteiger partial charge is 0.141 e. The van der Waals surface area contributed by atoms with E-state index in [1.165, 1.54) is 5.56 Å². The number of aryl methyl sites for hydroxylation is 3. The van der Waals surface area contributed by atoms with Gasteiger partial charge in [0.15, 0.2) is 0 Å². The molecule has 0 bridgehead atoms. The number of hydrogen-bond acceptors (Lipinski definition) is 3. The van der Waals surface area contributed by atoms with Gasteiger partial charge in [0.2, 0.25) is 0 Å². The molecule has 0 spiro atoms. The normalized spacial score (nSPS) is 13.7. The monoisotopic (exact) mass is 395 g/mol. The van der Waals surface area contributed by atoms with Crippen molar-refractivity contribution < 1.29 is 4.52 Å². The van der Waals surface area contributed by atoms with Gasteiger partial charge < -0.3 is 14.4 Å². The highest BCUT2D eigenvalue weighted by Crippen LogP contribution is 2.37. The molecule has 0 fully saturated rings. The minimum absolute atomic E-state index is 0.837. The van der Waals surface area contributed by atoms with Gasteiger partial charge in [0.1, 0.15) is 5.76 Å². The summed E-state index contributed by atoms with van der Waals surface area (Å²) < 4.78 is 8.48. The summed E-state index contributed by atoms with van der Waals surface area (Å²) in [6.45, 7) is 6.02. The number of halogens is 1. The first kappa shape index (κ1) is 16.0. The topological polar surface area (TPSA) is 43.0 Å². The lowest BCUT2D eigenvalue weighted by Gasteiger charge is -2.24. The van der Waals surface area contributed by atoms with Crippen molar-refractivity contribution >= 4 is 27.3 Å². The summed E-state index contributed by atoms with van der Waals surface area (Å²) in [7, 11) is 0. The summed E-state index contributed by atoms with van der Waals surface area (Å²) in [5.41, 5.74) is 7.54. The zero-order chi connectivity index (χ0) is 17.6. The van der Waals surface area contributed by atoms with E-state index in [0.717, 1.165) is 44.1 Å². The third-order valence-corrected chi connectivity index (χ3v) is 5.09. The van der Waals surface area contributed by atoms with Crippen molar-refractivity contribution in [2.75, 3.05) is 5.32 Å². The molecule has 0 atom stereocenters. The lowest BCUT2D eigenvalue weighted by molar-refractivity contribution is 0.393. The van der Waals surface area contributed by atoms with Crippen LogP contribution in [-0.2, 0) is 0 Å². The van der Waals surface area contributed by atoms with Gasteiger partial charge in [-0.15, -0.1) is 0 Å². The summed E-state index contributed by atoms with van der Waals surface area (Å²) in [5.74, 6) is 0.837. The van der Waals surface area contributed by atoms with E-state index in [9.17, 15) is 0 Å². The van der Waals surface area contributed by atoms with Crippen molar-refractivity contribution in [2.45, 2.75) is 20.8 Å². The Bertz CT molecular complexity index is 990. The van der Waals surface area contributed by atoms with Gasteiger partial charge in [0.25, 0.3) is 0 Å². The molecule has 0 aliphatic heterocycles. The molecule has 1 aromatic carbocycles. The third kappa shape index (κ3) is 2.74. The SMILES string of the molecule is Cc1ccc(-c2c(C)noc2C)cc1NC1=C(Br)C=C1n1cccc1. The molecular weight excluding hydrogens is 378 g/mol. The fourth-order valence-corrected chi connectivity index (χ4v) is 3.59. The molecule has 0 unspecified atom stereocenters. The number of nitrogens with one attached hydrogen (secondary N) is 1. The number of rotatable bonds is 4. The van der Waals surface area contributed by atoms with Gasteiger partial charge in [-0.1, -0.05) is 17.3 Å². The molecule has 1 N–H and O–H groups in total. The Morgan fingerprint density at radius 3 is 2.52 bits per heavy atom. The van der Waals surface area contributed by atoms with Gasteiger partial charge in [0, 0.05) is 28.1 Å². The molecule has 25 heavy (non-hydrogen) atoms. The van der Waals surface area contributed by atoms with Crippen LogP contribution in [0.1, 0.15) is 17.0 Å². The first-order valence-corrected chi connectivity index (χ1v) is 8.90. The molecule has 3 aromatic rings. The average molecular weight is 396 g/mol. The maximum absolute atomic E-state index is 5.32. The Kier molecular flexibility index (Phi) is 3.88. The van der Waals surface area contributed by atoms with Crippen LogP contribution in [0.5, 0.6) is 0 Å². The molecule has 0 saturated heterocycles. The highest BCUT2D eigenvalue weighted by molar-refractivity contribution is 9.12. The molecular formula is C20H18BrN3O. The molecule has 2 aromatic heterocycles. The van der Waals surface area contributed by atoms with Gasteiger partial charge in [0.05, 0.1) is 17.1 Å². The minimum Gasteiger partial charge on any atom is -0.361 e. The second kappa shape index (κ2) is 6.08. The Morgan fingerprint density at radius 2 is 1.88 bits per heavy atom. The fraction of sp³-hybridized carbons (Fsp3) is 0.150. The lowest BCUT2D eigenvalue weighted by atomic mass is 10.0. The lowest BCUT2D eigenvalue weighted by Crippen LogP contribution is -2.14. The number of nitrogens with zero attached hydrogens (tertiary/aromatic N) is 2. The largest absolute Gasteiger partial charge is 0.361 e. The molecule has 4 nitrogen and oxygen atoms in total. The first-order chi connectivity index (χ1) is 12.0. The van der Waals surface area contributed by atoms with E-state index in [1.54, 1.807) is 0 Å².